The van der Waals surface area contributed by atoms with Gasteiger partial charge in [0.15, 0.2) is 0 Å². The fourth-order valence-electron chi connectivity index (χ4n) is 6.60. The number of hydrogen-bond donors (Lipinski definition) is 2. The van der Waals surface area contributed by atoms with Gasteiger partial charge in [0, 0.05) is 22.0 Å². The van der Waals surface area contributed by atoms with Gasteiger partial charge in [-0.25, -0.2) is 0 Å². The van der Waals surface area contributed by atoms with Crippen molar-refractivity contribution >= 4 is 0 Å². The quantitative estimate of drug-likeness (QED) is 0.552. The minimum atomic E-state index is -0.994. The van der Waals surface area contributed by atoms with Gasteiger partial charge in [-0.15, -0.1) is 0 Å². The van der Waals surface area contributed by atoms with E-state index in [1.807, 2.05) is 0 Å². The summed E-state index contributed by atoms with van der Waals surface area (Å²) >= 11 is 0. The molecule has 0 aliphatic heterocycles. The summed E-state index contributed by atoms with van der Waals surface area (Å²) < 4.78 is 0. The number of aliphatic hydroxyl groups is 2. The van der Waals surface area contributed by atoms with E-state index < -0.39 is 11.2 Å². The number of fused-ring (bicyclic) bond motifs is 3. The second kappa shape index (κ2) is 6.99. The summed E-state index contributed by atoms with van der Waals surface area (Å²) in [5.41, 5.74) is 5.90. The lowest BCUT2D eigenvalue weighted by Gasteiger charge is -2.48. The van der Waals surface area contributed by atoms with Crippen molar-refractivity contribution < 1.29 is 10.2 Å². The van der Waals surface area contributed by atoms with E-state index in [9.17, 15) is 10.2 Å². The average molecular weight is 425 g/mol. The van der Waals surface area contributed by atoms with Crippen molar-refractivity contribution in [1.82, 2.24) is 0 Å². The van der Waals surface area contributed by atoms with Gasteiger partial charge in [0.1, 0.15) is 11.2 Å². The van der Waals surface area contributed by atoms with Crippen LogP contribution in [-0.2, 0) is 10.8 Å². The summed E-state index contributed by atoms with van der Waals surface area (Å²) in [6.45, 7) is 6.91. The van der Waals surface area contributed by atoms with Crippen molar-refractivity contribution in [3.63, 3.8) is 0 Å². The second-order valence-corrected chi connectivity index (χ2v) is 11.0. The lowest BCUT2D eigenvalue weighted by molar-refractivity contribution is 0.143. The van der Waals surface area contributed by atoms with Gasteiger partial charge in [0.25, 0.3) is 0 Å². The second-order valence-electron chi connectivity index (χ2n) is 11.0. The molecular formula is C30H32O2. The molecule has 0 radical (unpaired) electrons. The van der Waals surface area contributed by atoms with Crippen LogP contribution >= 0.6 is 0 Å². The van der Waals surface area contributed by atoms with Crippen LogP contribution in [0.15, 0.2) is 36.4 Å². The highest BCUT2D eigenvalue weighted by molar-refractivity contribution is 5.80. The average Bonchev–Trinajstić information content (AvgIpc) is 3.27. The summed E-state index contributed by atoms with van der Waals surface area (Å²) in [6, 6.07) is 13.3. The van der Waals surface area contributed by atoms with Crippen LogP contribution in [0.2, 0.25) is 0 Å². The molecule has 0 amide bonds. The topological polar surface area (TPSA) is 40.5 Å². The molecule has 0 unspecified atom stereocenters. The molecule has 0 saturated heterocycles. The molecule has 0 bridgehead atoms. The van der Waals surface area contributed by atoms with E-state index in [1.165, 1.54) is 60.8 Å². The van der Waals surface area contributed by atoms with Crippen LogP contribution in [0.5, 0.6) is 0 Å². The molecule has 2 aromatic rings. The van der Waals surface area contributed by atoms with Gasteiger partial charge >= 0.3 is 0 Å². The van der Waals surface area contributed by atoms with Gasteiger partial charge in [0.05, 0.1) is 0 Å². The van der Waals surface area contributed by atoms with E-state index in [2.05, 4.69) is 60.1 Å². The Labute approximate surface area is 192 Å². The van der Waals surface area contributed by atoms with Crippen LogP contribution in [0, 0.1) is 23.7 Å². The Morgan fingerprint density at radius 1 is 0.656 bits per heavy atom. The molecule has 0 spiro atoms. The smallest absolute Gasteiger partial charge is 0.120 e. The van der Waals surface area contributed by atoms with Crippen LogP contribution in [-0.4, -0.2) is 21.4 Å². The zero-order valence-electron chi connectivity index (χ0n) is 19.6. The van der Waals surface area contributed by atoms with Crippen molar-refractivity contribution in [1.29, 1.82) is 0 Å². The van der Waals surface area contributed by atoms with Crippen LogP contribution in [0.25, 0.3) is 11.1 Å². The molecule has 0 atom stereocenters. The molecule has 2 aromatic carbocycles. The maximum absolute atomic E-state index is 10.1. The first-order valence-electron chi connectivity index (χ1n) is 11.8. The van der Waals surface area contributed by atoms with E-state index in [-0.39, 0.29) is 10.8 Å². The minimum Gasteiger partial charge on any atom is -0.378 e. The van der Waals surface area contributed by atoms with E-state index in [0.29, 0.717) is 0 Å². The maximum atomic E-state index is 10.1. The van der Waals surface area contributed by atoms with Crippen LogP contribution in [0.1, 0.15) is 88.5 Å². The Bertz CT molecular complexity index is 1110. The molecule has 3 aliphatic carbocycles. The monoisotopic (exact) mass is 424 g/mol. The van der Waals surface area contributed by atoms with Crippen molar-refractivity contribution in [2.45, 2.75) is 88.3 Å². The number of hydrogen-bond acceptors (Lipinski definition) is 2. The third-order valence-corrected chi connectivity index (χ3v) is 7.72. The Kier molecular flexibility index (Phi) is 4.66. The summed E-state index contributed by atoms with van der Waals surface area (Å²) in [5, 5.41) is 20.1. The van der Waals surface area contributed by atoms with Crippen LogP contribution in [0.4, 0.5) is 0 Å². The first-order valence-corrected chi connectivity index (χ1v) is 11.8. The molecule has 3 aliphatic rings. The first kappa shape index (κ1) is 21.3. The third kappa shape index (κ3) is 3.29. The molecule has 2 heteroatoms. The Balaban J connectivity index is 1.72. The highest BCUT2D eigenvalue weighted by atomic mass is 16.3. The molecule has 0 aromatic heterocycles. The molecule has 5 rings (SSSR count). The van der Waals surface area contributed by atoms with Gasteiger partial charge < -0.3 is 10.2 Å². The molecule has 32 heavy (non-hydrogen) atoms. The summed E-state index contributed by atoms with van der Waals surface area (Å²) in [7, 11) is 0. The molecule has 2 saturated carbocycles. The van der Waals surface area contributed by atoms with E-state index in [0.717, 1.165) is 11.1 Å². The normalized spacial score (nSPS) is 25.4. The first-order chi connectivity index (χ1) is 15.0. The number of rotatable bonds is 0. The summed E-state index contributed by atoms with van der Waals surface area (Å²) in [4.78, 5) is 0. The van der Waals surface area contributed by atoms with Gasteiger partial charge in [-0.05, 0) is 99.9 Å². The van der Waals surface area contributed by atoms with Crippen molar-refractivity contribution in [2.24, 2.45) is 0 Å². The SMILES string of the molecule is CC(C)(O)C#Cc1ccc2c(c1)[C@]13CCC[C@]1(CCC3)c1cc(C#CC(C)(C)O)ccc1-2. The van der Waals surface area contributed by atoms with Gasteiger partial charge in [-0.3, -0.25) is 0 Å². The molecule has 2 fully saturated rings. The lowest BCUT2D eigenvalue weighted by Crippen LogP contribution is -2.43. The van der Waals surface area contributed by atoms with Crippen LogP contribution in [0.3, 0.4) is 0 Å². The van der Waals surface area contributed by atoms with Crippen molar-refractivity contribution in [3.8, 4) is 34.8 Å². The van der Waals surface area contributed by atoms with E-state index in [4.69, 9.17) is 0 Å². The molecule has 2 N–H and O–H groups in total. The largest absolute Gasteiger partial charge is 0.378 e. The Morgan fingerprint density at radius 2 is 1.03 bits per heavy atom. The number of benzene rings is 2. The molecular weight excluding hydrogens is 392 g/mol. The predicted octanol–water partition coefficient (Wildman–Crippen LogP) is 5.46. The molecule has 0 heterocycles. The fraction of sp³-hybridized carbons (Fsp3) is 0.467. The highest BCUT2D eigenvalue weighted by Gasteiger charge is 2.62. The highest BCUT2D eigenvalue weighted by Crippen LogP contribution is 2.69. The van der Waals surface area contributed by atoms with E-state index >= 15 is 0 Å². The zero-order chi connectivity index (χ0) is 22.8. The third-order valence-electron chi connectivity index (χ3n) is 7.72. The predicted molar refractivity (Wildman–Crippen MR) is 129 cm³/mol. The molecule has 2 nitrogen and oxygen atoms in total. The lowest BCUT2D eigenvalue weighted by atomic mass is 9.55. The van der Waals surface area contributed by atoms with Crippen LogP contribution < -0.4 is 0 Å². The van der Waals surface area contributed by atoms with Gasteiger partial charge in [0.2, 0.25) is 0 Å². The Morgan fingerprint density at radius 3 is 1.38 bits per heavy atom. The minimum absolute atomic E-state index is 0.171. The maximum Gasteiger partial charge on any atom is 0.120 e. The standard InChI is InChI=1S/C30H32O2/c1-27(2,31)17-11-21-7-9-23-24-10-8-22(12-18-28(3,4)32)20-26(24)30-15-5-13-29(30,14-6-16-30)25(23)19-21/h7-10,19-20,31-32H,5-6,13-16H2,1-4H3/t29-,30+. The van der Waals surface area contributed by atoms with Crippen molar-refractivity contribution in [2.75, 3.05) is 0 Å². The summed E-state index contributed by atoms with van der Waals surface area (Å²) in [5.74, 6) is 12.4. The summed E-state index contributed by atoms with van der Waals surface area (Å²) in [6.07, 6.45) is 7.39. The fourth-order valence-corrected chi connectivity index (χ4v) is 6.60. The van der Waals surface area contributed by atoms with E-state index in [1.54, 1.807) is 27.7 Å². The molecule has 164 valence electrons. The van der Waals surface area contributed by atoms with Gasteiger partial charge in [-0.1, -0.05) is 48.7 Å². The van der Waals surface area contributed by atoms with Gasteiger partial charge in [-0.2, -0.15) is 0 Å². The zero-order valence-corrected chi connectivity index (χ0v) is 19.6. The Hall–Kier alpha value is -2.52. The van der Waals surface area contributed by atoms with Crippen molar-refractivity contribution in [3.05, 3.63) is 58.7 Å².